The van der Waals surface area contributed by atoms with Crippen LogP contribution in [0.4, 0.5) is 0 Å². The Morgan fingerprint density at radius 1 is 1.07 bits per heavy atom. The van der Waals surface area contributed by atoms with E-state index >= 15 is 0 Å². The minimum atomic E-state index is -3.85. The molecule has 2 atom stereocenters. The second-order valence-electron chi connectivity index (χ2n) is 7.83. The molecule has 0 spiro atoms. The second-order valence-corrected chi connectivity index (χ2v) is 9.67. The number of nitrogens with zero attached hydrogens (tertiary/aromatic N) is 1. The third-order valence-electron chi connectivity index (χ3n) is 6.00. The number of H-pyrrole nitrogens is 1. The highest BCUT2D eigenvalue weighted by molar-refractivity contribution is 7.89. The van der Waals surface area contributed by atoms with Crippen molar-refractivity contribution in [3.05, 3.63) is 77.5 Å². The van der Waals surface area contributed by atoms with Crippen LogP contribution in [0, 0.1) is 6.92 Å². The Kier molecular flexibility index (Phi) is 4.22. The van der Waals surface area contributed by atoms with Crippen LogP contribution in [-0.4, -0.2) is 29.5 Å². The summed E-state index contributed by atoms with van der Waals surface area (Å²) in [6.45, 7) is 1.92. The van der Waals surface area contributed by atoms with Gasteiger partial charge in [-0.15, -0.1) is 0 Å². The van der Waals surface area contributed by atoms with E-state index in [0.717, 1.165) is 40.6 Å². The highest BCUT2D eigenvalue weighted by atomic mass is 32.2. The van der Waals surface area contributed by atoms with Crippen molar-refractivity contribution in [3.8, 4) is 0 Å². The van der Waals surface area contributed by atoms with E-state index in [1.54, 1.807) is 36.4 Å². The average molecular weight is 407 g/mol. The molecule has 5 rings (SSSR count). The molecule has 0 aliphatic carbocycles. The molecular formula is C23H22N2O3S. The largest absolute Gasteiger partial charge is 0.357 e. The van der Waals surface area contributed by atoms with Gasteiger partial charge in [-0.25, -0.2) is 8.42 Å². The van der Waals surface area contributed by atoms with Crippen LogP contribution in [0.1, 0.15) is 35.7 Å². The molecule has 3 heterocycles. The van der Waals surface area contributed by atoms with E-state index in [4.69, 9.17) is 0 Å². The number of aryl methyl sites for hydroxylation is 2. The zero-order valence-corrected chi connectivity index (χ0v) is 16.9. The molecule has 0 saturated carbocycles. The van der Waals surface area contributed by atoms with E-state index in [1.807, 2.05) is 25.1 Å². The summed E-state index contributed by atoms with van der Waals surface area (Å²) in [4.78, 5) is 16.4. The van der Waals surface area contributed by atoms with Gasteiger partial charge in [0.05, 0.1) is 17.0 Å². The first-order chi connectivity index (χ1) is 14.0. The van der Waals surface area contributed by atoms with E-state index in [9.17, 15) is 13.2 Å². The smallest absolute Gasteiger partial charge is 0.244 e. The molecule has 0 fully saturated rings. The maximum absolute atomic E-state index is 13.7. The van der Waals surface area contributed by atoms with Gasteiger partial charge in [0.15, 0.2) is 5.78 Å². The average Bonchev–Trinajstić information content (AvgIpc) is 3.06. The number of aromatic nitrogens is 1. The number of sulfonamides is 1. The van der Waals surface area contributed by atoms with Crippen LogP contribution in [0.5, 0.6) is 0 Å². The molecule has 0 radical (unpaired) electrons. The molecule has 6 heteroatoms. The Labute approximate surface area is 170 Å². The number of carbonyl (C=O) groups is 1. The SMILES string of the molecule is Cc1ccc(S(=O)(=O)N2C3CCCc4c([nH]c5ccccc45)C2C=CC3=O)cc1. The van der Waals surface area contributed by atoms with Gasteiger partial charge in [0.2, 0.25) is 10.0 Å². The van der Waals surface area contributed by atoms with Crippen molar-refractivity contribution < 1.29 is 13.2 Å². The molecule has 0 saturated heterocycles. The Hall–Kier alpha value is -2.70. The van der Waals surface area contributed by atoms with Gasteiger partial charge in [-0.3, -0.25) is 4.79 Å². The van der Waals surface area contributed by atoms with Crippen molar-refractivity contribution in [2.24, 2.45) is 0 Å². The van der Waals surface area contributed by atoms with Gasteiger partial charge < -0.3 is 4.98 Å². The molecule has 2 aliphatic rings. The van der Waals surface area contributed by atoms with E-state index in [0.29, 0.717) is 6.42 Å². The number of nitrogens with one attached hydrogen (secondary N) is 1. The Bertz CT molecular complexity index is 1240. The summed E-state index contributed by atoms with van der Waals surface area (Å²) in [5.74, 6) is -0.142. The lowest BCUT2D eigenvalue weighted by Crippen LogP contribution is -2.49. The molecule has 2 bridgehead atoms. The number of carbonyl (C=O) groups excluding carboxylic acids is 1. The standard InChI is InChI=1S/C23H22N2O3S/c1-15-9-11-16(12-10-15)29(27,28)25-20-8-4-6-18-17-5-2-3-7-19(17)24-23(18)21(25)13-14-22(20)26/h2-3,5,7,9-14,20-21,24H,4,6,8H2,1H3. The molecular weight excluding hydrogens is 384 g/mol. The molecule has 2 aromatic carbocycles. The molecule has 5 nitrogen and oxygen atoms in total. The second kappa shape index (κ2) is 6.68. The van der Waals surface area contributed by atoms with Gasteiger partial charge >= 0.3 is 0 Å². The van der Waals surface area contributed by atoms with E-state index in [-0.39, 0.29) is 10.7 Å². The number of aromatic amines is 1. The minimum absolute atomic E-state index is 0.142. The van der Waals surface area contributed by atoms with Crippen LogP contribution in [0.2, 0.25) is 0 Å². The Morgan fingerprint density at radius 2 is 1.83 bits per heavy atom. The predicted molar refractivity (Wildman–Crippen MR) is 112 cm³/mol. The number of para-hydroxylation sites is 1. The summed E-state index contributed by atoms with van der Waals surface area (Å²) >= 11 is 0. The van der Waals surface area contributed by atoms with Gasteiger partial charge in [-0.2, -0.15) is 4.31 Å². The maximum atomic E-state index is 13.7. The zero-order chi connectivity index (χ0) is 20.2. The number of benzene rings is 2. The van der Waals surface area contributed by atoms with E-state index < -0.39 is 22.1 Å². The van der Waals surface area contributed by atoms with Crippen molar-refractivity contribution >= 4 is 26.7 Å². The third-order valence-corrected chi connectivity index (χ3v) is 7.90. The molecule has 29 heavy (non-hydrogen) atoms. The fraction of sp³-hybridized carbons (Fsp3) is 0.261. The quantitative estimate of drug-likeness (QED) is 0.698. The van der Waals surface area contributed by atoms with Crippen molar-refractivity contribution in [3.63, 3.8) is 0 Å². The fourth-order valence-electron chi connectivity index (χ4n) is 4.56. The summed E-state index contributed by atoms with van der Waals surface area (Å²) in [6, 6.07) is 13.7. The molecule has 0 amide bonds. The third kappa shape index (κ3) is 2.86. The lowest BCUT2D eigenvalue weighted by molar-refractivity contribution is -0.119. The summed E-state index contributed by atoms with van der Waals surface area (Å²) in [7, 11) is -3.85. The monoisotopic (exact) mass is 406 g/mol. The Morgan fingerprint density at radius 3 is 2.62 bits per heavy atom. The van der Waals surface area contributed by atoms with Gasteiger partial charge in [-0.05, 0) is 56.0 Å². The van der Waals surface area contributed by atoms with Gasteiger partial charge in [0, 0.05) is 16.6 Å². The highest BCUT2D eigenvalue weighted by Crippen LogP contribution is 2.41. The van der Waals surface area contributed by atoms with Crippen LogP contribution >= 0.6 is 0 Å². The lowest BCUT2D eigenvalue weighted by Gasteiger charge is -2.38. The van der Waals surface area contributed by atoms with Crippen LogP contribution in [0.15, 0.2) is 65.6 Å². The van der Waals surface area contributed by atoms with Gasteiger partial charge in [-0.1, -0.05) is 42.0 Å². The highest BCUT2D eigenvalue weighted by Gasteiger charge is 2.44. The van der Waals surface area contributed by atoms with Crippen LogP contribution in [-0.2, 0) is 21.2 Å². The Balaban J connectivity index is 1.73. The first-order valence-corrected chi connectivity index (χ1v) is 11.3. The van der Waals surface area contributed by atoms with Gasteiger partial charge in [0.1, 0.15) is 0 Å². The number of hydrogen-bond acceptors (Lipinski definition) is 3. The van der Waals surface area contributed by atoms with Crippen molar-refractivity contribution in [1.29, 1.82) is 0 Å². The first-order valence-electron chi connectivity index (χ1n) is 9.88. The van der Waals surface area contributed by atoms with Crippen molar-refractivity contribution in [2.45, 2.75) is 43.2 Å². The lowest BCUT2D eigenvalue weighted by atomic mass is 9.90. The van der Waals surface area contributed by atoms with Crippen LogP contribution in [0.25, 0.3) is 10.9 Å². The number of hydrogen-bond donors (Lipinski definition) is 1. The normalized spacial score (nSPS) is 22.3. The molecule has 1 aromatic heterocycles. The molecule has 2 unspecified atom stereocenters. The molecule has 2 aliphatic heterocycles. The predicted octanol–water partition coefficient (Wildman–Crippen LogP) is 4.05. The van der Waals surface area contributed by atoms with Crippen LogP contribution < -0.4 is 0 Å². The zero-order valence-electron chi connectivity index (χ0n) is 16.1. The number of ketones is 1. The molecule has 3 aromatic rings. The number of fused-ring (bicyclic) bond motifs is 6. The number of rotatable bonds is 2. The van der Waals surface area contributed by atoms with E-state index in [1.165, 1.54) is 4.31 Å². The summed E-state index contributed by atoms with van der Waals surface area (Å²) in [6.07, 6.45) is 5.38. The maximum Gasteiger partial charge on any atom is 0.244 e. The van der Waals surface area contributed by atoms with E-state index in [2.05, 4.69) is 11.1 Å². The molecule has 1 N–H and O–H groups in total. The van der Waals surface area contributed by atoms with Crippen LogP contribution in [0.3, 0.4) is 0 Å². The summed E-state index contributed by atoms with van der Waals surface area (Å²) in [5, 5.41) is 1.12. The fourth-order valence-corrected chi connectivity index (χ4v) is 6.30. The summed E-state index contributed by atoms with van der Waals surface area (Å²) in [5.41, 5.74) is 4.00. The van der Waals surface area contributed by atoms with Gasteiger partial charge in [0.25, 0.3) is 0 Å². The minimum Gasteiger partial charge on any atom is -0.357 e. The first kappa shape index (κ1) is 18.3. The molecule has 148 valence electrons. The van der Waals surface area contributed by atoms with Crippen molar-refractivity contribution in [2.75, 3.05) is 0 Å². The summed E-state index contributed by atoms with van der Waals surface area (Å²) < 4.78 is 28.8. The topological polar surface area (TPSA) is 70.2 Å². The van der Waals surface area contributed by atoms with Crippen molar-refractivity contribution in [1.82, 2.24) is 9.29 Å².